The van der Waals surface area contributed by atoms with Crippen LogP contribution in [0.2, 0.25) is 0 Å². The Morgan fingerprint density at radius 1 is 1.26 bits per heavy atom. The van der Waals surface area contributed by atoms with E-state index in [-0.39, 0.29) is 5.91 Å². The number of amides is 1. The number of benzene rings is 1. The first-order valence-corrected chi connectivity index (χ1v) is 8.36. The Kier molecular flexibility index (Phi) is 3.67. The van der Waals surface area contributed by atoms with Gasteiger partial charge in [0, 0.05) is 30.9 Å². The minimum atomic E-state index is 0.0345. The summed E-state index contributed by atoms with van der Waals surface area (Å²) in [7, 11) is 0. The summed E-state index contributed by atoms with van der Waals surface area (Å²) >= 11 is 1.49. The van der Waals surface area contributed by atoms with Crippen molar-refractivity contribution in [2.75, 3.05) is 13.1 Å². The van der Waals surface area contributed by atoms with E-state index in [9.17, 15) is 4.79 Å². The number of hydrazone groups is 1. The van der Waals surface area contributed by atoms with Crippen molar-refractivity contribution in [2.24, 2.45) is 5.10 Å². The fraction of sp³-hybridized carbons (Fsp3) is 0.235. The highest BCUT2D eigenvalue weighted by Gasteiger charge is 2.23. The van der Waals surface area contributed by atoms with Gasteiger partial charge in [0.1, 0.15) is 0 Å². The Bertz CT molecular complexity index is 781. The van der Waals surface area contributed by atoms with Crippen LogP contribution in [0.5, 0.6) is 0 Å². The monoisotopic (exact) mass is 324 g/mol. The van der Waals surface area contributed by atoms with Gasteiger partial charge in [-0.05, 0) is 23.2 Å². The van der Waals surface area contributed by atoms with Crippen LogP contribution < -0.4 is 0 Å². The van der Waals surface area contributed by atoms with E-state index in [4.69, 9.17) is 0 Å². The normalized spacial score (nSPS) is 16.4. The van der Waals surface area contributed by atoms with Crippen molar-refractivity contribution in [1.29, 1.82) is 0 Å². The minimum absolute atomic E-state index is 0.0345. The highest BCUT2D eigenvalue weighted by atomic mass is 32.1. The molecule has 0 unspecified atom stereocenters. The van der Waals surface area contributed by atoms with E-state index in [1.807, 2.05) is 53.7 Å². The number of nitrogens with zero attached hydrogens (tertiary/aromatic N) is 4. The van der Waals surface area contributed by atoms with Crippen LogP contribution in [-0.4, -0.2) is 39.0 Å². The Morgan fingerprint density at radius 3 is 3.00 bits per heavy atom. The lowest BCUT2D eigenvalue weighted by Gasteiger charge is -2.24. The maximum absolute atomic E-state index is 12.5. The van der Waals surface area contributed by atoms with Crippen molar-refractivity contribution in [2.45, 2.75) is 13.0 Å². The minimum Gasteiger partial charge on any atom is -0.364 e. The van der Waals surface area contributed by atoms with Crippen molar-refractivity contribution in [3.8, 4) is 0 Å². The van der Waals surface area contributed by atoms with Crippen LogP contribution in [0.1, 0.15) is 22.4 Å². The summed E-state index contributed by atoms with van der Waals surface area (Å²) in [5.74, 6) is 0.0345. The predicted octanol–water partition coefficient (Wildman–Crippen LogP) is 2.57. The summed E-state index contributed by atoms with van der Waals surface area (Å²) in [6.45, 7) is 1.74. The summed E-state index contributed by atoms with van der Waals surface area (Å²) in [6, 6.07) is 10.0. The molecule has 0 saturated heterocycles. The fourth-order valence-electron chi connectivity index (χ4n) is 2.80. The molecular formula is C17H16N4OS. The maximum Gasteiger partial charge on any atom is 0.262 e. The molecule has 0 spiro atoms. The highest BCUT2D eigenvalue weighted by molar-refractivity contribution is 7.06. The molecule has 3 heterocycles. The fourth-order valence-corrected chi connectivity index (χ4v) is 3.45. The van der Waals surface area contributed by atoms with Gasteiger partial charge in [0.2, 0.25) is 0 Å². The van der Waals surface area contributed by atoms with E-state index in [1.54, 1.807) is 5.01 Å². The number of hydrogen-bond donors (Lipinski definition) is 0. The molecule has 0 bridgehead atoms. The lowest BCUT2D eigenvalue weighted by atomic mass is 10.1. The molecule has 2 aliphatic heterocycles. The third kappa shape index (κ3) is 2.90. The summed E-state index contributed by atoms with van der Waals surface area (Å²) in [5, 5.41) is 6.09. The molecule has 0 saturated carbocycles. The van der Waals surface area contributed by atoms with Gasteiger partial charge in [-0.1, -0.05) is 30.3 Å². The number of carbonyl (C=O) groups is 1. The molecule has 23 heavy (non-hydrogen) atoms. The molecule has 4 rings (SSSR count). The second-order valence-electron chi connectivity index (χ2n) is 5.62. The predicted molar refractivity (Wildman–Crippen MR) is 90.9 cm³/mol. The molecule has 0 radical (unpaired) electrons. The third-order valence-corrected chi connectivity index (χ3v) is 4.83. The molecule has 5 nitrogen and oxygen atoms in total. The van der Waals surface area contributed by atoms with Crippen molar-refractivity contribution in [3.05, 3.63) is 58.7 Å². The topological polar surface area (TPSA) is 48.8 Å². The van der Waals surface area contributed by atoms with Gasteiger partial charge < -0.3 is 4.90 Å². The van der Waals surface area contributed by atoms with Crippen molar-refractivity contribution in [1.82, 2.24) is 14.3 Å². The van der Waals surface area contributed by atoms with E-state index < -0.39 is 0 Å². The Hall–Kier alpha value is -2.47. The lowest BCUT2D eigenvalue weighted by Crippen LogP contribution is -2.34. The third-order valence-electron chi connectivity index (χ3n) is 4.02. The molecular weight excluding hydrogens is 308 g/mol. The zero-order valence-corrected chi connectivity index (χ0v) is 13.4. The molecule has 2 aromatic rings. The molecule has 0 N–H and O–H groups in total. The average molecular weight is 324 g/mol. The number of aromatic nitrogens is 1. The summed E-state index contributed by atoms with van der Waals surface area (Å²) < 4.78 is 4.18. The molecule has 6 heteroatoms. The summed E-state index contributed by atoms with van der Waals surface area (Å²) in [6.07, 6.45) is 6.68. The van der Waals surface area contributed by atoms with Crippen LogP contribution in [0, 0.1) is 0 Å². The molecule has 116 valence electrons. The van der Waals surface area contributed by atoms with Gasteiger partial charge in [-0.15, -0.1) is 0 Å². The van der Waals surface area contributed by atoms with Crippen molar-refractivity contribution >= 4 is 29.2 Å². The molecule has 1 amide bonds. The smallest absolute Gasteiger partial charge is 0.262 e. The first kappa shape index (κ1) is 14.1. The van der Waals surface area contributed by atoms with Gasteiger partial charge in [0.25, 0.3) is 5.91 Å². The Morgan fingerprint density at radius 2 is 2.13 bits per heavy atom. The van der Waals surface area contributed by atoms with Crippen molar-refractivity contribution < 1.29 is 4.79 Å². The lowest BCUT2D eigenvalue weighted by molar-refractivity contribution is -0.131. The molecule has 0 atom stereocenters. The SMILES string of the molecule is O=C(CN1C=Cc2sncc2C1)N1CCC(c2ccccc2)=N1. The summed E-state index contributed by atoms with van der Waals surface area (Å²) in [5.41, 5.74) is 3.26. The first-order chi connectivity index (χ1) is 11.3. The van der Waals surface area contributed by atoms with Crippen LogP contribution in [0.25, 0.3) is 6.08 Å². The van der Waals surface area contributed by atoms with Gasteiger partial charge in [-0.25, -0.2) is 9.38 Å². The molecule has 1 aromatic carbocycles. The molecule has 2 aliphatic rings. The van der Waals surface area contributed by atoms with Crippen LogP contribution in [-0.2, 0) is 11.3 Å². The van der Waals surface area contributed by atoms with Gasteiger partial charge in [-0.3, -0.25) is 4.79 Å². The summed E-state index contributed by atoms with van der Waals surface area (Å²) in [4.78, 5) is 15.7. The number of carbonyl (C=O) groups excluding carboxylic acids is 1. The van der Waals surface area contributed by atoms with Crippen molar-refractivity contribution in [3.63, 3.8) is 0 Å². The van der Waals surface area contributed by atoms with Gasteiger partial charge in [0.05, 0.1) is 23.7 Å². The van der Waals surface area contributed by atoms with E-state index >= 15 is 0 Å². The standard InChI is InChI=1S/C17H16N4OS/c22-17(12-20-8-7-16-14(11-20)10-18-23-16)21-9-6-15(19-21)13-4-2-1-3-5-13/h1-5,7-8,10H,6,9,11-12H2. The van der Waals surface area contributed by atoms with E-state index in [0.717, 1.165) is 24.2 Å². The number of rotatable bonds is 3. The number of fused-ring (bicyclic) bond motifs is 1. The van der Waals surface area contributed by atoms with Crippen LogP contribution in [0.15, 0.2) is 47.8 Å². The van der Waals surface area contributed by atoms with E-state index in [0.29, 0.717) is 13.1 Å². The molecule has 1 aromatic heterocycles. The highest BCUT2D eigenvalue weighted by Crippen LogP contribution is 2.22. The van der Waals surface area contributed by atoms with E-state index in [2.05, 4.69) is 9.47 Å². The molecule has 0 aliphatic carbocycles. The first-order valence-electron chi connectivity index (χ1n) is 7.59. The zero-order valence-electron chi connectivity index (χ0n) is 12.6. The maximum atomic E-state index is 12.5. The van der Waals surface area contributed by atoms with Crippen LogP contribution in [0.3, 0.4) is 0 Å². The molecule has 0 fully saturated rings. The largest absolute Gasteiger partial charge is 0.364 e. The van der Waals surface area contributed by atoms with Gasteiger partial charge in [0.15, 0.2) is 0 Å². The average Bonchev–Trinajstić information content (AvgIpc) is 3.24. The second-order valence-corrected chi connectivity index (χ2v) is 6.45. The van der Waals surface area contributed by atoms with E-state index in [1.165, 1.54) is 22.0 Å². The zero-order chi connectivity index (χ0) is 15.6. The Labute approximate surface area is 138 Å². The van der Waals surface area contributed by atoms with Gasteiger partial charge in [-0.2, -0.15) is 5.10 Å². The van der Waals surface area contributed by atoms with Crippen LogP contribution in [0.4, 0.5) is 0 Å². The quantitative estimate of drug-likeness (QED) is 0.872. The second kappa shape index (κ2) is 5.96. The van der Waals surface area contributed by atoms with Gasteiger partial charge >= 0.3 is 0 Å². The van der Waals surface area contributed by atoms with Crippen LogP contribution >= 0.6 is 11.5 Å². The number of hydrogen-bond acceptors (Lipinski definition) is 5. The Balaban J connectivity index is 1.42.